The predicted octanol–water partition coefficient (Wildman–Crippen LogP) is 1.17. The van der Waals surface area contributed by atoms with Crippen molar-refractivity contribution in [3.05, 3.63) is 29.8 Å². The van der Waals surface area contributed by atoms with E-state index in [4.69, 9.17) is 4.74 Å². The minimum atomic E-state index is -3.49. The van der Waals surface area contributed by atoms with E-state index in [0.717, 1.165) is 23.8 Å². The molecule has 0 radical (unpaired) electrons. The SMILES string of the molecule is CCC(C)(CNC(=O)c1ccc(S(=O)(=O)N(C)C)cc1)N1CCOCC1. The van der Waals surface area contributed by atoms with Gasteiger partial charge in [-0.25, -0.2) is 12.7 Å². The van der Waals surface area contributed by atoms with Crippen molar-refractivity contribution < 1.29 is 17.9 Å². The highest BCUT2D eigenvalue weighted by molar-refractivity contribution is 7.89. The van der Waals surface area contributed by atoms with Crippen molar-refractivity contribution in [3.8, 4) is 0 Å². The molecule has 0 aliphatic carbocycles. The molecule has 1 atom stereocenters. The maximum absolute atomic E-state index is 12.5. The van der Waals surface area contributed by atoms with Gasteiger partial charge < -0.3 is 10.1 Å². The first kappa shape index (κ1) is 20.8. The number of amides is 1. The smallest absolute Gasteiger partial charge is 0.251 e. The molecule has 1 heterocycles. The summed E-state index contributed by atoms with van der Waals surface area (Å²) in [6, 6.07) is 6.02. The van der Waals surface area contributed by atoms with Crippen LogP contribution in [0.25, 0.3) is 0 Å². The maximum Gasteiger partial charge on any atom is 0.251 e. The number of sulfonamides is 1. The molecule has 146 valence electrons. The van der Waals surface area contributed by atoms with Crippen LogP contribution >= 0.6 is 0 Å². The van der Waals surface area contributed by atoms with E-state index in [1.807, 2.05) is 0 Å². The summed E-state index contributed by atoms with van der Waals surface area (Å²) >= 11 is 0. The summed E-state index contributed by atoms with van der Waals surface area (Å²) < 4.78 is 30.7. The number of benzene rings is 1. The second-order valence-electron chi connectivity index (χ2n) is 6.94. The van der Waals surface area contributed by atoms with E-state index in [9.17, 15) is 13.2 Å². The average molecular weight is 384 g/mol. The Morgan fingerprint density at radius 3 is 2.31 bits per heavy atom. The van der Waals surface area contributed by atoms with Gasteiger partial charge in [0.05, 0.1) is 18.1 Å². The van der Waals surface area contributed by atoms with E-state index in [-0.39, 0.29) is 16.3 Å². The van der Waals surface area contributed by atoms with Crippen LogP contribution in [-0.4, -0.2) is 76.0 Å². The molecule has 26 heavy (non-hydrogen) atoms. The third kappa shape index (κ3) is 4.62. The second-order valence-corrected chi connectivity index (χ2v) is 9.10. The highest BCUT2D eigenvalue weighted by atomic mass is 32.2. The molecule has 1 fully saturated rings. The molecule has 1 amide bonds. The normalized spacial score (nSPS) is 18.5. The van der Waals surface area contributed by atoms with Crippen LogP contribution in [0.1, 0.15) is 30.6 Å². The third-order valence-electron chi connectivity index (χ3n) is 5.06. The van der Waals surface area contributed by atoms with Crippen LogP contribution in [0.15, 0.2) is 29.2 Å². The Bertz CT molecular complexity index is 712. The van der Waals surface area contributed by atoms with Gasteiger partial charge in [0.1, 0.15) is 0 Å². The molecule has 1 aromatic rings. The molecule has 7 nitrogen and oxygen atoms in total. The number of nitrogens with zero attached hydrogens (tertiary/aromatic N) is 2. The Labute approximate surface area is 156 Å². The van der Waals surface area contributed by atoms with E-state index in [0.29, 0.717) is 25.3 Å². The summed E-state index contributed by atoms with van der Waals surface area (Å²) in [5, 5.41) is 2.99. The van der Waals surface area contributed by atoms with Crippen molar-refractivity contribution in [2.75, 3.05) is 46.9 Å². The lowest BCUT2D eigenvalue weighted by atomic mass is 9.95. The van der Waals surface area contributed by atoms with E-state index < -0.39 is 10.0 Å². The number of morpholine rings is 1. The first-order valence-electron chi connectivity index (χ1n) is 8.84. The number of nitrogens with one attached hydrogen (secondary N) is 1. The zero-order chi connectivity index (χ0) is 19.4. The van der Waals surface area contributed by atoms with Gasteiger partial charge in [0.25, 0.3) is 5.91 Å². The van der Waals surface area contributed by atoms with Crippen LogP contribution in [0, 0.1) is 0 Å². The predicted molar refractivity (Wildman–Crippen MR) is 101 cm³/mol. The minimum Gasteiger partial charge on any atom is -0.379 e. The highest BCUT2D eigenvalue weighted by Gasteiger charge is 2.31. The van der Waals surface area contributed by atoms with E-state index in [2.05, 4.69) is 24.1 Å². The van der Waals surface area contributed by atoms with E-state index in [1.165, 1.54) is 26.2 Å². The summed E-state index contributed by atoms with van der Waals surface area (Å²) in [5.41, 5.74) is 0.316. The molecule has 1 saturated heterocycles. The molecule has 1 N–H and O–H groups in total. The quantitative estimate of drug-likeness (QED) is 0.765. The summed E-state index contributed by atoms with van der Waals surface area (Å²) in [7, 11) is -0.532. The Kier molecular flexibility index (Phi) is 6.79. The van der Waals surface area contributed by atoms with Crippen LogP contribution < -0.4 is 5.32 Å². The van der Waals surface area contributed by atoms with Crippen LogP contribution in [0.5, 0.6) is 0 Å². The molecule has 1 aromatic carbocycles. The van der Waals surface area contributed by atoms with Gasteiger partial charge in [-0.05, 0) is 37.6 Å². The van der Waals surface area contributed by atoms with Gasteiger partial charge in [-0.1, -0.05) is 6.92 Å². The number of ether oxygens (including phenoxy) is 1. The Balaban J connectivity index is 2.03. The molecular weight excluding hydrogens is 354 g/mol. The highest BCUT2D eigenvalue weighted by Crippen LogP contribution is 2.20. The molecule has 2 rings (SSSR count). The number of hydrogen-bond donors (Lipinski definition) is 1. The lowest BCUT2D eigenvalue weighted by molar-refractivity contribution is -0.0169. The fourth-order valence-corrected chi connectivity index (χ4v) is 3.83. The lowest BCUT2D eigenvalue weighted by Crippen LogP contribution is -2.56. The molecular formula is C18H29N3O4S. The van der Waals surface area contributed by atoms with Gasteiger partial charge >= 0.3 is 0 Å². The Hall–Kier alpha value is -1.48. The first-order valence-corrected chi connectivity index (χ1v) is 10.3. The maximum atomic E-state index is 12.5. The summed E-state index contributed by atoms with van der Waals surface area (Å²) in [6.07, 6.45) is 0.910. The fourth-order valence-electron chi connectivity index (χ4n) is 2.93. The summed E-state index contributed by atoms with van der Waals surface area (Å²) in [4.78, 5) is 15.0. The zero-order valence-corrected chi connectivity index (χ0v) is 16.8. The summed E-state index contributed by atoms with van der Waals surface area (Å²) in [6.45, 7) is 7.93. The van der Waals surface area contributed by atoms with Gasteiger partial charge in [-0.2, -0.15) is 0 Å². The van der Waals surface area contributed by atoms with Gasteiger partial charge in [0.2, 0.25) is 10.0 Å². The van der Waals surface area contributed by atoms with Crippen molar-refractivity contribution in [2.24, 2.45) is 0 Å². The monoisotopic (exact) mass is 383 g/mol. The second kappa shape index (κ2) is 8.47. The van der Waals surface area contributed by atoms with Gasteiger partial charge in [0.15, 0.2) is 0 Å². The van der Waals surface area contributed by atoms with Gasteiger partial charge in [-0.3, -0.25) is 9.69 Å². The Morgan fingerprint density at radius 2 is 1.81 bits per heavy atom. The third-order valence-corrected chi connectivity index (χ3v) is 6.89. The van der Waals surface area contributed by atoms with E-state index in [1.54, 1.807) is 12.1 Å². The average Bonchev–Trinajstić information content (AvgIpc) is 2.66. The molecule has 8 heteroatoms. The van der Waals surface area contributed by atoms with Crippen molar-refractivity contribution in [1.29, 1.82) is 0 Å². The molecule has 1 aliphatic heterocycles. The van der Waals surface area contributed by atoms with Crippen LogP contribution in [0.3, 0.4) is 0 Å². The number of carbonyl (C=O) groups is 1. The molecule has 0 aromatic heterocycles. The molecule has 0 bridgehead atoms. The molecule has 1 unspecified atom stereocenters. The number of carbonyl (C=O) groups excluding carboxylic acids is 1. The first-order chi connectivity index (χ1) is 12.2. The van der Waals surface area contributed by atoms with Gasteiger partial charge in [0, 0.05) is 44.8 Å². The molecule has 1 aliphatic rings. The van der Waals surface area contributed by atoms with Crippen molar-refractivity contribution in [1.82, 2.24) is 14.5 Å². The van der Waals surface area contributed by atoms with Crippen LogP contribution in [0.2, 0.25) is 0 Å². The largest absolute Gasteiger partial charge is 0.379 e. The van der Waals surface area contributed by atoms with Crippen molar-refractivity contribution in [3.63, 3.8) is 0 Å². The van der Waals surface area contributed by atoms with Crippen molar-refractivity contribution in [2.45, 2.75) is 30.7 Å². The van der Waals surface area contributed by atoms with Crippen LogP contribution in [-0.2, 0) is 14.8 Å². The standard InChI is InChI=1S/C18H29N3O4S/c1-5-18(2,21-10-12-25-13-11-21)14-19-17(22)15-6-8-16(9-7-15)26(23,24)20(3)4/h6-9H,5,10-14H2,1-4H3,(H,19,22). The lowest BCUT2D eigenvalue weighted by Gasteiger charge is -2.43. The number of rotatable bonds is 7. The van der Waals surface area contributed by atoms with Gasteiger partial charge in [-0.15, -0.1) is 0 Å². The van der Waals surface area contributed by atoms with E-state index >= 15 is 0 Å². The Morgan fingerprint density at radius 1 is 1.23 bits per heavy atom. The van der Waals surface area contributed by atoms with Crippen molar-refractivity contribution >= 4 is 15.9 Å². The molecule has 0 spiro atoms. The molecule has 0 saturated carbocycles. The summed E-state index contributed by atoms with van der Waals surface area (Å²) in [5.74, 6) is -0.202. The minimum absolute atomic E-state index is 0.131. The topological polar surface area (TPSA) is 79.0 Å². The van der Waals surface area contributed by atoms with Crippen LogP contribution in [0.4, 0.5) is 0 Å². The zero-order valence-electron chi connectivity index (χ0n) is 16.0. The fraction of sp³-hybridized carbons (Fsp3) is 0.611. The number of hydrogen-bond acceptors (Lipinski definition) is 5.